The molecule has 164 valence electrons. The van der Waals surface area contributed by atoms with Gasteiger partial charge in [-0.05, 0) is 49.0 Å². The van der Waals surface area contributed by atoms with Crippen LogP contribution < -0.4 is 0 Å². The van der Waals surface area contributed by atoms with Crippen molar-refractivity contribution in [1.82, 2.24) is 0 Å². The molecule has 0 saturated carbocycles. The lowest BCUT2D eigenvalue weighted by Crippen LogP contribution is -2.31. The van der Waals surface area contributed by atoms with Gasteiger partial charge < -0.3 is 10.2 Å². The highest BCUT2D eigenvalue weighted by molar-refractivity contribution is 8.16. The number of Topliss-reactive ketones (excluding diaryl/α,β-unsaturated/α-hetero) is 2. The zero-order valence-corrected chi connectivity index (χ0v) is 20.4. The molecule has 0 aromatic heterocycles. The molecule has 1 fully saturated rings. The summed E-state index contributed by atoms with van der Waals surface area (Å²) in [5.41, 5.74) is 1.90. The third-order valence-corrected chi connectivity index (χ3v) is 9.03. The summed E-state index contributed by atoms with van der Waals surface area (Å²) in [6.07, 6.45) is 2.84. The molecule has 0 radical (unpaired) electrons. The molecule has 1 aliphatic carbocycles. The van der Waals surface area contributed by atoms with Crippen LogP contribution in [0.2, 0.25) is 0 Å². The van der Waals surface area contributed by atoms with E-state index in [4.69, 9.17) is 0 Å². The van der Waals surface area contributed by atoms with Gasteiger partial charge in [0.2, 0.25) is 0 Å². The summed E-state index contributed by atoms with van der Waals surface area (Å²) in [4.78, 5) is 27.5. The number of phenols is 2. The van der Waals surface area contributed by atoms with Crippen LogP contribution in [0.5, 0.6) is 11.5 Å². The van der Waals surface area contributed by atoms with E-state index >= 15 is 0 Å². The van der Waals surface area contributed by atoms with Crippen LogP contribution in [0.25, 0.3) is 0 Å². The Morgan fingerprint density at radius 3 is 2.07 bits per heavy atom. The van der Waals surface area contributed by atoms with Crippen LogP contribution in [0.3, 0.4) is 0 Å². The van der Waals surface area contributed by atoms with Gasteiger partial charge in [-0.2, -0.15) is 0 Å². The second kappa shape index (κ2) is 8.62. The SMILES string of the molecule is CCC(C)c1c(O)c(O)c(C2SCCCCS2)c2c1C(=O)C(C)=C(C(C)(C)C)C2=O. The fraction of sp³-hybridized carbons (Fsp3) is 0.583. The Morgan fingerprint density at radius 1 is 1.00 bits per heavy atom. The lowest BCUT2D eigenvalue weighted by atomic mass is 9.70. The Kier molecular flexibility index (Phi) is 6.68. The van der Waals surface area contributed by atoms with Gasteiger partial charge in [-0.25, -0.2) is 0 Å². The number of phenolic OH excluding ortho intramolecular Hbond substituents is 2. The minimum Gasteiger partial charge on any atom is -0.504 e. The first-order valence-electron chi connectivity index (χ1n) is 10.7. The van der Waals surface area contributed by atoms with E-state index in [0.717, 1.165) is 24.3 Å². The van der Waals surface area contributed by atoms with E-state index in [1.807, 2.05) is 34.6 Å². The lowest BCUT2D eigenvalue weighted by molar-refractivity contribution is 0.0954. The van der Waals surface area contributed by atoms with Crippen molar-refractivity contribution in [2.24, 2.45) is 5.41 Å². The van der Waals surface area contributed by atoms with Crippen molar-refractivity contribution in [1.29, 1.82) is 0 Å². The molecule has 2 aliphatic rings. The smallest absolute Gasteiger partial charge is 0.191 e. The van der Waals surface area contributed by atoms with E-state index in [1.165, 1.54) is 0 Å². The first kappa shape index (κ1) is 23.3. The standard InChI is InChI=1S/C24H32O4S2/c1-7-12(2)14-15-16(20(26)18(24(4,5)6)13(3)19(15)25)17(22(28)21(14)27)23-29-10-8-9-11-30-23/h12,23,27-28H,7-11H2,1-6H3. The molecule has 1 aliphatic heterocycles. The summed E-state index contributed by atoms with van der Waals surface area (Å²) in [6.45, 7) is 11.4. The summed E-state index contributed by atoms with van der Waals surface area (Å²) in [5.74, 6) is 0.821. The molecule has 4 nitrogen and oxygen atoms in total. The molecule has 1 aromatic carbocycles. The molecule has 0 spiro atoms. The number of rotatable bonds is 3. The Hall–Kier alpha value is -1.40. The third-order valence-electron chi connectivity index (χ3n) is 6.09. The lowest BCUT2D eigenvalue weighted by Gasteiger charge is -2.33. The highest BCUT2D eigenvalue weighted by atomic mass is 32.2. The topological polar surface area (TPSA) is 74.6 Å². The molecule has 3 rings (SSSR count). The molecule has 1 atom stereocenters. The molecule has 0 amide bonds. The van der Waals surface area contributed by atoms with E-state index in [-0.39, 0.29) is 33.6 Å². The number of carbonyl (C=O) groups excluding carboxylic acids is 2. The highest BCUT2D eigenvalue weighted by Gasteiger charge is 2.43. The van der Waals surface area contributed by atoms with E-state index in [0.29, 0.717) is 39.8 Å². The van der Waals surface area contributed by atoms with Gasteiger partial charge in [-0.15, -0.1) is 23.5 Å². The number of thioether (sulfide) groups is 2. The molecule has 2 N–H and O–H groups in total. The van der Waals surface area contributed by atoms with Gasteiger partial charge in [-0.3, -0.25) is 9.59 Å². The van der Waals surface area contributed by atoms with E-state index in [2.05, 4.69) is 0 Å². The van der Waals surface area contributed by atoms with Crippen LogP contribution in [-0.4, -0.2) is 33.3 Å². The van der Waals surface area contributed by atoms with Crippen LogP contribution in [0.4, 0.5) is 0 Å². The molecule has 0 bridgehead atoms. The van der Waals surface area contributed by atoms with Gasteiger partial charge in [0, 0.05) is 33.4 Å². The maximum absolute atomic E-state index is 13.9. The number of hydrogen-bond donors (Lipinski definition) is 2. The molecule has 6 heteroatoms. The summed E-state index contributed by atoms with van der Waals surface area (Å²) in [7, 11) is 0. The van der Waals surface area contributed by atoms with Crippen LogP contribution in [0.1, 0.15) is 103 Å². The van der Waals surface area contributed by atoms with Gasteiger partial charge >= 0.3 is 0 Å². The van der Waals surface area contributed by atoms with Gasteiger partial charge in [0.1, 0.15) is 0 Å². The van der Waals surface area contributed by atoms with E-state index < -0.39 is 5.41 Å². The highest BCUT2D eigenvalue weighted by Crippen LogP contribution is 2.55. The second-order valence-electron chi connectivity index (χ2n) is 9.27. The predicted octanol–water partition coefficient (Wildman–Crippen LogP) is 6.61. The molecule has 1 aromatic rings. The fourth-order valence-electron chi connectivity index (χ4n) is 4.45. The average molecular weight is 449 g/mol. The van der Waals surface area contributed by atoms with E-state index in [1.54, 1.807) is 30.4 Å². The van der Waals surface area contributed by atoms with Crippen molar-refractivity contribution in [3.05, 3.63) is 33.4 Å². The first-order chi connectivity index (χ1) is 14.0. The van der Waals surface area contributed by atoms with Gasteiger partial charge in [-0.1, -0.05) is 34.6 Å². The van der Waals surface area contributed by atoms with Gasteiger partial charge in [0.25, 0.3) is 0 Å². The van der Waals surface area contributed by atoms with Gasteiger partial charge in [0.05, 0.1) is 4.58 Å². The Balaban J connectivity index is 2.41. The van der Waals surface area contributed by atoms with Crippen molar-refractivity contribution in [3.63, 3.8) is 0 Å². The van der Waals surface area contributed by atoms with Crippen molar-refractivity contribution >= 4 is 35.1 Å². The molecular weight excluding hydrogens is 416 g/mol. The Morgan fingerprint density at radius 2 is 1.57 bits per heavy atom. The number of fused-ring (bicyclic) bond motifs is 1. The Labute approximate surface area is 187 Å². The van der Waals surface area contributed by atoms with Crippen molar-refractivity contribution in [2.45, 2.75) is 71.3 Å². The van der Waals surface area contributed by atoms with Crippen LogP contribution in [0.15, 0.2) is 11.1 Å². The second-order valence-corrected chi connectivity index (χ2v) is 12.0. The zero-order valence-electron chi connectivity index (χ0n) is 18.7. The van der Waals surface area contributed by atoms with Crippen LogP contribution >= 0.6 is 23.5 Å². The summed E-state index contributed by atoms with van der Waals surface area (Å²) in [5, 5.41) is 22.1. The van der Waals surface area contributed by atoms with Crippen LogP contribution in [-0.2, 0) is 0 Å². The normalized spacial score (nSPS) is 19.7. The number of aromatic hydroxyl groups is 2. The predicted molar refractivity (Wildman–Crippen MR) is 126 cm³/mol. The number of carbonyl (C=O) groups is 2. The quantitative estimate of drug-likeness (QED) is 0.507. The van der Waals surface area contributed by atoms with Gasteiger partial charge in [0.15, 0.2) is 23.1 Å². The molecular formula is C24H32O4S2. The Bertz CT molecular complexity index is 916. The third kappa shape index (κ3) is 3.81. The molecule has 30 heavy (non-hydrogen) atoms. The maximum atomic E-state index is 13.9. The largest absolute Gasteiger partial charge is 0.504 e. The summed E-state index contributed by atoms with van der Waals surface area (Å²) < 4.78 is -0.186. The molecule has 1 unspecified atom stereocenters. The van der Waals surface area contributed by atoms with Crippen molar-refractivity contribution < 1.29 is 19.8 Å². The minimum absolute atomic E-state index is 0.158. The fourth-order valence-corrected chi connectivity index (χ4v) is 7.37. The van der Waals surface area contributed by atoms with Crippen LogP contribution in [0, 0.1) is 5.41 Å². The number of hydrogen-bond acceptors (Lipinski definition) is 6. The maximum Gasteiger partial charge on any atom is 0.191 e. The number of allylic oxidation sites excluding steroid dienone is 2. The molecule has 1 saturated heterocycles. The van der Waals surface area contributed by atoms with Crippen molar-refractivity contribution in [2.75, 3.05) is 11.5 Å². The average Bonchev–Trinajstić information content (AvgIpc) is 2.95. The number of ketones is 2. The summed E-state index contributed by atoms with van der Waals surface area (Å²) in [6, 6.07) is 0. The van der Waals surface area contributed by atoms with E-state index in [9.17, 15) is 19.8 Å². The summed E-state index contributed by atoms with van der Waals surface area (Å²) >= 11 is 3.36. The monoisotopic (exact) mass is 448 g/mol. The van der Waals surface area contributed by atoms with Crippen molar-refractivity contribution in [3.8, 4) is 11.5 Å². The zero-order chi connectivity index (χ0) is 22.4. The number of benzene rings is 1. The first-order valence-corrected chi connectivity index (χ1v) is 12.8. The molecule has 1 heterocycles. The minimum atomic E-state index is -0.500.